The Labute approximate surface area is 183 Å². The van der Waals surface area contributed by atoms with Crippen LogP contribution in [0, 0.1) is 6.92 Å². The van der Waals surface area contributed by atoms with Crippen LogP contribution in [0.3, 0.4) is 0 Å². The summed E-state index contributed by atoms with van der Waals surface area (Å²) in [5, 5.41) is 3.19. The van der Waals surface area contributed by atoms with Crippen LogP contribution in [-0.2, 0) is 14.3 Å². The minimum absolute atomic E-state index is 0.0548. The van der Waals surface area contributed by atoms with Crippen molar-refractivity contribution in [3.63, 3.8) is 0 Å². The van der Waals surface area contributed by atoms with Gasteiger partial charge in [0.05, 0.1) is 11.7 Å². The van der Waals surface area contributed by atoms with Crippen molar-refractivity contribution in [2.75, 3.05) is 25.1 Å². The number of nitrogens with one attached hydrogen (secondary N) is 1. The molecule has 0 saturated heterocycles. The summed E-state index contributed by atoms with van der Waals surface area (Å²) in [6, 6.07) is 15.0. The maximum atomic E-state index is 13.2. The standard InChI is InChI=1S/C25H30N2O4/c1-5-30-15-7-14-27-24(28)22(19-10-12-21(13-11-19)31-17(2)3)23(25(27)29)26-20-9-6-8-18(4)16-20/h6,8-13,16-17,26H,5,7,14-15H2,1-4H3. The molecule has 3 rings (SSSR count). The molecule has 6 nitrogen and oxygen atoms in total. The Morgan fingerprint density at radius 3 is 2.42 bits per heavy atom. The topological polar surface area (TPSA) is 67.9 Å². The van der Waals surface area contributed by atoms with E-state index < -0.39 is 0 Å². The van der Waals surface area contributed by atoms with Gasteiger partial charge in [-0.15, -0.1) is 0 Å². The first-order chi connectivity index (χ1) is 14.9. The summed E-state index contributed by atoms with van der Waals surface area (Å²) in [5.41, 5.74) is 3.18. The summed E-state index contributed by atoms with van der Waals surface area (Å²) < 4.78 is 11.1. The fourth-order valence-corrected chi connectivity index (χ4v) is 3.47. The largest absolute Gasteiger partial charge is 0.491 e. The monoisotopic (exact) mass is 422 g/mol. The molecular weight excluding hydrogens is 392 g/mol. The van der Waals surface area contributed by atoms with E-state index in [-0.39, 0.29) is 17.9 Å². The van der Waals surface area contributed by atoms with Gasteiger partial charge in [0.2, 0.25) is 0 Å². The molecule has 0 bridgehead atoms. The lowest BCUT2D eigenvalue weighted by atomic mass is 10.0. The second-order valence-electron chi connectivity index (χ2n) is 7.75. The van der Waals surface area contributed by atoms with Gasteiger partial charge in [0.15, 0.2) is 0 Å². The van der Waals surface area contributed by atoms with Crippen LogP contribution in [0.15, 0.2) is 54.2 Å². The number of hydrogen-bond acceptors (Lipinski definition) is 5. The quantitative estimate of drug-likeness (QED) is 0.454. The van der Waals surface area contributed by atoms with Gasteiger partial charge < -0.3 is 14.8 Å². The summed E-state index contributed by atoms with van der Waals surface area (Å²) in [6.45, 7) is 9.24. The van der Waals surface area contributed by atoms with Gasteiger partial charge in [0.25, 0.3) is 11.8 Å². The first kappa shape index (κ1) is 22.6. The molecule has 2 aromatic rings. The first-order valence-corrected chi connectivity index (χ1v) is 10.7. The zero-order valence-electron chi connectivity index (χ0n) is 18.6. The van der Waals surface area contributed by atoms with Gasteiger partial charge in [-0.3, -0.25) is 14.5 Å². The molecule has 0 atom stereocenters. The highest BCUT2D eigenvalue weighted by Gasteiger charge is 2.38. The van der Waals surface area contributed by atoms with E-state index in [2.05, 4.69) is 5.32 Å². The van der Waals surface area contributed by atoms with Crippen molar-refractivity contribution in [2.45, 2.75) is 40.2 Å². The molecule has 0 spiro atoms. The van der Waals surface area contributed by atoms with E-state index in [1.165, 1.54) is 4.90 Å². The lowest BCUT2D eigenvalue weighted by Crippen LogP contribution is -2.34. The maximum Gasteiger partial charge on any atom is 0.278 e. The molecule has 2 aromatic carbocycles. The number of benzene rings is 2. The highest BCUT2D eigenvalue weighted by Crippen LogP contribution is 2.31. The number of aryl methyl sites for hydroxylation is 1. The zero-order valence-corrected chi connectivity index (χ0v) is 18.6. The van der Waals surface area contributed by atoms with Crippen LogP contribution in [0.1, 0.15) is 38.3 Å². The van der Waals surface area contributed by atoms with Crippen LogP contribution in [-0.4, -0.2) is 42.6 Å². The number of anilines is 1. The smallest absolute Gasteiger partial charge is 0.278 e. The molecule has 6 heteroatoms. The Hall–Kier alpha value is -3.12. The number of amides is 2. The fourth-order valence-electron chi connectivity index (χ4n) is 3.47. The number of rotatable bonds is 10. The number of ether oxygens (including phenoxy) is 2. The fraction of sp³-hybridized carbons (Fsp3) is 0.360. The molecular formula is C25H30N2O4. The lowest BCUT2D eigenvalue weighted by molar-refractivity contribution is -0.137. The third kappa shape index (κ3) is 5.52. The van der Waals surface area contributed by atoms with Crippen LogP contribution >= 0.6 is 0 Å². The summed E-state index contributed by atoms with van der Waals surface area (Å²) in [5.74, 6) is 0.104. The van der Waals surface area contributed by atoms with Crippen LogP contribution in [0.25, 0.3) is 5.57 Å². The summed E-state index contributed by atoms with van der Waals surface area (Å²) in [6.07, 6.45) is 0.649. The molecule has 0 unspecified atom stereocenters. The molecule has 0 saturated carbocycles. The molecule has 0 aliphatic carbocycles. The van der Waals surface area contributed by atoms with Gasteiger partial charge in [-0.05, 0) is 69.5 Å². The van der Waals surface area contributed by atoms with Crippen molar-refractivity contribution in [3.8, 4) is 5.75 Å². The van der Waals surface area contributed by atoms with Crippen molar-refractivity contribution in [2.24, 2.45) is 0 Å². The second kappa shape index (κ2) is 10.3. The van der Waals surface area contributed by atoms with Gasteiger partial charge >= 0.3 is 0 Å². The molecule has 0 fully saturated rings. The van der Waals surface area contributed by atoms with E-state index in [4.69, 9.17) is 9.47 Å². The van der Waals surface area contributed by atoms with Crippen LogP contribution in [0.4, 0.5) is 5.69 Å². The molecule has 1 heterocycles. The number of nitrogens with zero attached hydrogens (tertiary/aromatic N) is 1. The minimum atomic E-state index is -0.319. The van der Waals surface area contributed by atoms with Crippen molar-refractivity contribution in [1.82, 2.24) is 4.90 Å². The van der Waals surface area contributed by atoms with E-state index in [0.29, 0.717) is 43.0 Å². The molecule has 1 aliphatic rings. The van der Waals surface area contributed by atoms with Crippen LogP contribution in [0.2, 0.25) is 0 Å². The van der Waals surface area contributed by atoms with E-state index in [1.807, 2.05) is 76.2 Å². The van der Waals surface area contributed by atoms with E-state index in [0.717, 1.165) is 17.0 Å². The predicted octanol–water partition coefficient (Wildman–Crippen LogP) is 4.40. The van der Waals surface area contributed by atoms with Gasteiger partial charge in [-0.1, -0.05) is 24.3 Å². The van der Waals surface area contributed by atoms with E-state index in [9.17, 15) is 9.59 Å². The average Bonchev–Trinajstić information content (AvgIpc) is 2.95. The Balaban J connectivity index is 1.92. The van der Waals surface area contributed by atoms with Crippen LogP contribution in [0.5, 0.6) is 5.75 Å². The summed E-state index contributed by atoms with van der Waals surface area (Å²) >= 11 is 0. The highest BCUT2D eigenvalue weighted by atomic mass is 16.5. The van der Waals surface area contributed by atoms with Crippen LogP contribution < -0.4 is 10.1 Å². The number of carbonyl (C=O) groups excluding carboxylic acids is 2. The summed E-state index contributed by atoms with van der Waals surface area (Å²) in [7, 11) is 0. The highest BCUT2D eigenvalue weighted by molar-refractivity contribution is 6.36. The maximum absolute atomic E-state index is 13.2. The molecule has 1 aliphatic heterocycles. The van der Waals surface area contributed by atoms with Crippen molar-refractivity contribution >= 4 is 23.1 Å². The molecule has 2 amide bonds. The van der Waals surface area contributed by atoms with Crippen molar-refractivity contribution in [3.05, 3.63) is 65.4 Å². The van der Waals surface area contributed by atoms with E-state index >= 15 is 0 Å². The van der Waals surface area contributed by atoms with Gasteiger partial charge in [0, 0.05) is 25.4 Å². The normalized spacial score (nSPS) is 14.0. The van der Waals surface area contributed by atoms with Gasteiger partial charge in [-0.25, -0.2) is 0 Å². The van der Waals surface area contributed by atoms with Gasteiger partial charge in [-0.2, -0.15) is 0 Å². The van der Waals surface area contributed by atoms with Crippen molar-refractivity contribution < 1.29 is 19.1 Å². The second-order valence-corrected chi connectivity index (χ2v) is 7.75. The third-order valence-electron chi connectivity index (χ3n) is 4.84. The van der Waals surface area contributed by atoms with Crippen molar-refractivity contribution in [1.29, 1.82) is 0 Å². The average molecular weight is 423 g/mol. The van der Waals surface area contributed by atoms with Gasteiger partial charge in [0.1, 0.15) is 11.4 Å². The Kier molecular flexibility index (Phi) is 7.47. The first-order valence-electron chi connectivity index (χ1n) is 10.7. The molecule has 164 valence electrons. The molecule has 1 N–H and O–H groups in total. The Bertz CT molecular complexity index is 964. The van der Waals surface area contributed by atoms with E-state index in [1.54, 1.807) is 0 Å². The number of imide groups is 1. The third-order valence-corrected chi connectivity index (χ3v) is 4.84. The predicted molar refractivity (Wildman–Crippen MR) is 122 cm³/mol. The SMILES string of the molecule is CCOCCCN1C(=O)C(Nc2cccc(C)c2)=C(c2ccc(OC(C)C)cc2)C1=O. The summed E-state index contributed by atoms with van der Waals surface area (Å²) in [4.78, 5) is 27.7. The lowest BCUT2D eigenvalue weighted by Gasteiger charge is -2.15. The Morgan fingerprint density at radius 1 is 1.03 bits per heavy atom. The minimum Gasteiger partial charge on any atom is -0.491 e. The Morgan fingerprint density at radius 2 is 1.77 bits per heavy atom. The zero-order chi connectivity index (χ0) is 22.4. The number of hydrogen-bond donors (Lipinski definition) is 1. The molecule has 31 heavy (non-hydrogen) atoms. The molecule has 0 radical (unpaired) electrons. The molecule has 0 aromatic heterocycles. The number of carbonyl (C=O) groups is 2.